The summed E-state index contributed by atoms with van der Waals surface area (Å²) in [6.45, 7) is 0. The van der Waals surface area contributed by atoms with E-state index in [-0.39, 0.29) is 5.56 Å². The fourth-order valence-electron chi connectivity index (χ4n) is 1.76. The Kier molecular flexibility index (Phi) is 2.15. The molecule has 3 rings (SSSR count). The maximum atomic E-state index is 11.5. The topological polar surface area (TPSA) is 65.9 Å². The number of hydrogen-bond acceptors (Lipinski definition) is 3. The molecular weight excluding hydrogens is 236 g/mol. The van der Waals surface area contributed by atoms with Crippen LogP contribution in [0.25, 0.3) is 17.0 Å². The first-order valence-electron chi connectivity index (χ1n) is 5.01. The summed E-state index contributed by atoms with van der Waals surface area (Å²) in [5, 5.41) is 6.62. The molecule has 0 aliphatic rings. The number of aromatic amines is 2. The second kappa shape index (κ2) is 3.67. The number of nitrogens with zero attached hydrogens (tertiary/aromatic N) is 2. The van der Waals surface area contributed by atoms with Crippen LogP contribution in [-0.4, -0.2) is 19.6 Å². The Bertz CT molecular complexity index is 784. The van der Waals surface area contributed by atoms with Crippen LogP contribution >= 0.6 is 12.2 Å². The van der Waals surface area contributed by atoms with Crippen molar-refractivity contribution in [2.75, 3.05) is 0 Å². The molecule has 84 valence electrons. The van der Waals surface area contributed by atoms with Crippen LogP contribution in [0.15, 0.2) is 41.2 Å². The molecule has 0 aliphatic carbocycles. The van der Waals surface area contributed by atoms with E-state index in [1.807, 2.05) is 30.3 Å². The summed E-state index contributed by atoms with van der Waals surface area (Å²) in [6, 6.07) is 11.1. The minimum atomic E-state index is -0.203. The van der Waals surface area contributed by atoms with E-state index in [9.17, 15) is 4.79 Å². The molecule has 0 fully saturated rings. The van der Waals surface area contributed by atoms with Crippen molar-refractivity contribution >= 4 is 18.0 Å². The first-order chi connectivity index (χ1) is 8.25. The van der Waals surface area contributed by atoms with Crippen LogP contribution in [0.5, 0.6) is 0 Å². The Morgan fingerprint density at radius 3 is 2.76 bits per heavy atom. The summed E-state index contributed by atoms with van der Waals surface area (Å²) in [5.41, 5.74) is 1.44. The van der Waals surface area contributed by atoms with Gasteiger partial charge in [0.25, 0.3) is 5.56 Å². The molecule has 0 radical (unpaired) electrons. The first-order valence-corrected chi connectivity index (χ1v) is 5.42. The highest BCUT2D eigenvalue weighted by molar-refractivity contribution is 7.71. The Labute approximate surface area is 101 Å². The van der Waals surface area contributed by atoms with Crippen molar-refractivity contribution in [1.82, 2.24) is 19.6 Å². The van der Waals surface area contributed by atoms with Gasteiger partial charge in [-0.15, -0.1) is 5.10 Å². The standard InChI is InChI=1S/C11H8N4OS/c16-9-6-8(7-4-2-1-3-5-7)15-10(12-9)13-14-11(15)17/h1-6H,(H,14,17)(H,12,13,16). The van der Waals surface area contributed by atoms with Crippen LogP contribution < -0.4 is 5.56 Å². The summed E-state index contributed by atoms with van der Waals surface area (Å²) in [5.74, 6) is 0.418. The molecule has 0 aliphatic heterocycles. The highest BCUT2D eigenvalue weighted by Gasteiger charge is 2.07. The summed E-state index contributed by atoms with van der Waals surface area (Å²) >= 11 is 5.14. The van der Waals surface area contributed by atoms with Crippen molar-refractivity contribution in [3.05, 3.63) is 51.5 Å². The van der Waals surface area contributed by atoms with Crippen LogP contribution in [0.4, 0.5) is 0 Å². The number of aromatic nitrogens is 4. The molecule has 0 saturated heterocycles. The van der Waals surface area contributed by atoms with Crippen molar-refractivity contribution in [1.29, 1.82) is 0 Å². The SMILES string of the molecule is O=c1cc(-c2ccccc2)n2c(=S)[nH]nc2[nH]1. The van der Waals surface area contributed by atoms with Gasteiger partial charge in [0.05, 0.1) is 5.69 Å². The number of H-pyrrole nitrogens is 2. The lowest BCUT2D eigenvalue weighted by molar-refractivity contribution is 1.07. The van der Waals surface area contributed by atoms with E-state index < -0.39 is 0 Å². The zero-order valence-corrected chi connectivity index (χ0v) is 9.49. The number of benzene rings is 1. The Morgan fingerprint density at radius 1 is 1.24 bits per heavy atom. The molecule has 2 aromatic heterocycles. The van der Waals surface area contributed by atoms with E-state index in [0.717, 1.165) is 11.3 Å². The van der Waals surface area contributed by atoms with Gasteiger partial charge in [0.2, 0.25) is 10.5 Å². The van der Waals surface area contributed by atoms with Gasteiger partial charge in [-0.05, 0) is 17.8 Å². The molecule has 2 heterocycles. The van der Waals surface area contributed by atoms with Crippen molar-refractivity contribution in [2.45, 2.75) is 0 Å². The predicted octanol–water partition coefficient (Wildman–Crippen LogP) is 1.75. The number of hydrogen-bond donors (Lipinski definition) is 2. The molecule has 3 aromatic rings. The lowest BCUT2D eigenvalue weighted by atomic mass is 10.1. The van der Waals surface area contributed by atoms with E-state index in [1.54, 1.807) is 4.40 Å². The Balaban J connectivity index is 2.47. The van der Waals surface area contributed by atoms with Gasteiger partial charge in [-0.2, -0.15) is 0 Å². The molecule has 0 unspecified atom stereocenters. The van der Waals surface area contributed by atoms with E-state index in [0.29, 0.717) is 10.5 Å². The van der Waals surface area contributed by atoms with Gasteiger partial charge in [0.15, 0.2) is 0 Å². The molecule has 6 heteroatoms. The first kappa shape index (κ1) is 9.98. The summed E-state index contributed by atoms with van der Waals surface area (Å²) < 4.78 is 2.15. The Hall–Kier alpha value is -2.21. The van der Waals surface area contributed by atoms with Gasteiger partial charge in [0, 0.05) is 6.07 Å². The lowest BCUT2D eigenvalue weighted by Gasteiger charge is -2.03. The zero-order valence-electron chi connectivity index (χ0n) is 8.68. The normalized spacial score (nSPS) is 10.8. The monoisotopic (exact) mass is 244 g/mol. The lowest BCUT2D eigenvalue weighted by Crippen LogP contribution is -2.09. The quantitative estimate of drug-likeness (QED) is 0.641. The van der Waals surface area contributed by atoms with Gasteiger partial charge in [0.1, 0.15) is 0 Å². The second-order valence-corrected chi connectivity index (χ2v) is 3.96. The molecule has 17 heavy (non-hydrogen) atoms. The highest BCUT2D eigenvalue weighted by Crippen LogP contribution is 2.17. The third-order valence-electron chi connectivity index (χ3n) is 2.49. The minimum absolute atomic E-state index is 0.203. The fraction of sp³-hybridized carbons (Fsp3) is 0. The van der Waals surface area contributed by atoms with Gasteiger partial charge >= 0.3 is 0 Å². The maximum absolute atomic E-state index is 11.5. The maximum Gasteiger partial charge on any atom is 0.252 e. The average Bonchev–Trinajstić information content (AvgIpc) is 2.71. The predicted molar refractivity (Wildman–Crippen MR) is 66.4 cm³/mol. The summed E-state index contributed by atoms with van der Waals surface area (Å²) in [6.07, 6.45) is 0. The third kappa shape index (κ3) is 1.58. The fourth-order valence-corrected chi connectivity index (χ4v) is 1.99. The van der Waals surface area contributed by atoms with Crippen LogP contribution in [0.2, 0.25) is 0 Å². The molecule has 2 N–H and O–H groups in total. The van der Waals surface area contributed by atoms with Gasteiger partial charge in [-0.3, -0.25) is 14.2 Å². The van der Waals surface area contributed by atoms with Gasteiger partial charge in [-0.1, -0.05) is 30.3 Å². The van der Waals surface area contributed by atoms with E-state index in [2.05, 4.69) is 15.2 Å². The van der Waals surface area contributed by atoms with Crippen molar-refractivity contribution < 1.29 is 0 Å². The van der Waals surface area contributed by atoms with E-state index in [4.69, 9.17) is 12.2 Å². The highest BCUT2D eigenvalue weighted by atomic mass is 32.1. The van der Waals surface area contributed by atoms with Crippen molar-refractivity contribution in [3.8, 4) is 11.3 Å². The molecule has 1 aromatic carbocycles. The number of nitrogens with one attached hydrogen (secondary N) is 2. The van der Waals surface area contributed by atoms with Crippen molar-refractivity contribution in [2.24, 2.45) is 0 Å². The van der Waals surface area contributed by atoms with Crippen LogP contribution in [0.1, 0.15) is 0 Å². The van der Waals surface area contributed by atoms with E-state index in [1.165, 1.54) is 6.07 Å². The van der Waals surface area contributed by atoms with Crippen LogP contribution in [0.3, 0.4) is 0 Å². The number of rotatable bonds is 1. The average molecular weight is 244 g/mol. The molecule has 0 atom stereocenters. The molecule has 0 amide bonds. The van der Waals surface area contributed by atoms with Gasteiger partial charge in [-0.25, -0.2) is 5.10 Å². The summed E-state index contributed by atoms with van der Waals surface area (Å²) in [7, 11) is 0. The molecule has 0 saturated carbocycles. The molecular formula is C11H8N4OS. The minimum Gasteiger partial charge on any atom is -0.291 e. The number of fused-ring (bicyclic) bond motifs is 1. The van der Waals surface area contributed by atoms with Crippen LogP contribution in [0, 0.1) is 4.77 Å². The summed E-state index contributed by atoms with van der Waals surface area (Å²) in [4.78, 5) is 14.1. The smallest absolute Gasteiger partial charge is 0.252 e. The van der Waals surface area contributed by atoms with E-state index >= 15 is 0 Å². The second-order valence-electron chi connectivity index (χ2n) is 3.57. The molecule has 0 bridgehead atoms. The molecule has 5 nitrogen and oxygen atoms in total. The third-order valence-corrected chi connectivity index (χ3v) is 2.76. The van der Waals surface area contributed by atoms with Gasteiger partial charge < -0.3 is 0 Å². The zero-order chi connectivity index (χ0) is 11.8. The Morgan fingerprint density at radius 2 is 2.00 bits per heavy atom. The molecule has 0 spiro atoms. The largest absolute Gasteiger partial charge is 0.291 e. The van der Waals surface area contributed by atoms with Crippen molar-refractivity contribution in [3.63, 3.8) is 0 Å². The van der Waals surface area contributed by atoms with Crippen LogP contribution in [-0.2, 0) is 0 Å².